The van der Waals surface area contributed by atoms with E-state index in [4.69, 9.17) is 61.6 Å². The van der Waals surface area contributed by atoms with Gasteiger partial charge in [-0.2, -0.15) is 0 Å². The lowest BCUT2D eigenvalue weighted by Gasteiger charge is -2.23. The van der Waals surface area contributed by atoms with Crippen molar-refractivity contribution in [1.29, 1.82) is 0 Å². The minimum Gasteiger partial charge on any atom is -0.493 e. The molecule has 1 heterocycles. The number of benzene rings is 3. The molecule has 0 bridgehead atoms. The number of anilines is 2. The zero-order chi connectivity index (χ0) is 47.0. The van der Waals surface area contributed by atoms with Gasteiger partial charge in [-0.15, -0.1) is 0 Å². The fourth-order valence-electron chi connectivity index (χ4n) is 5.82. The van der Waals surface area contributed by atoms with Gasteiger partial charge in [0.25, 0.3) is 0 Å². The molecule has 66 heavy (non-hydrogen) atoms. The molecule has 20 heteroatoms. The first kappa shape index (κ1) is 54.4. The van der Waals surface area contributed by atoms with E-state index < -0.39 is 17.5 Å². The molecule has 16 nitrogen and oxygen atoms in total. The van der Waals surface area contributed by atoms with Crippen LogP contribution in [0.5, 0.6) is 17.2 Å². The third kappa shape index (κ3) is 20.4. The summed E-state index contributed by atoms with van der Waals surface area (Å²) in [6, 6.07) is 13.6. The molecule has 3 aromatic carbocycles. The van der Waals surface area contributed by atoms with Gasteiger partial charge in [-0.25, -0.2) is 18.2 Å². The Morgan fingerprint density at radius 2 is 0.970 bits per heavy atom. The molecular formula is C46H64F3N3O13S. The summed E-state index contributed by atoms with van der Waals surface area (Å²) in [5, 5.41) is 0.437. The normalized spacial score (nSPS) is 11.4. The van der Waals surface area contributed by atoms with Crippen LogP contribution in [0.25, 0.3) is 5.69 Å². The summed E-state index contributed by atoms with van der Waals surface area (Å²) in [4.78, 5) is 6.44. The smallest absolute Gasteiger partial charge is 0.174 e. The summed E-state index contributed by atoms with van der Waals surface area (Å²) < 4.78 is 117. The summed E-state index contributed by atoms with van der Waals surface area (Å²) in [7, 11) is 6.57. The third-order valence-electron chi connectivity index (χ3n) is 9.26. The summed E-state index contributed by atoms with van der Waals surface area (Å²) in [6.07, 6.45) is 1.64. The number of nitrogens with zero attached hydrogens (tertiary/aromatic N) is 3. The molecule has 0 unspecified atom stereocenters. The zero-order valence-corrected chi connectivity index (χ0v) is 39.1. The zero-order valence-electron chi connectivity index (χ0n) is 38.3. The van der Waals surface area contributed by atoms with Crippen LogP contribution >= 0.6 is 11.8 Å². The molecule has 4 aromatic rings. The first-order valence-electron chi connectivity index (χ1n) is 21.6. The Labute approximate surface area is 389 Å². The number of rotatable bonds is 39. The van der Waals surface area contributed by atoms with Gasteiger partial charge in [-0.1, -0.05) is 11.8 Å². The van der Waals surface area contributed by atoms with E-state index in [1.54, 1.807) is 50.3 Å². The number of halogens is 3. The SMILES string of the molecule is COCCOCCOCCOCCOCCOCCOCCOCCOCCOCCOc1cc(F)c(CSc2ncc(N(C)c3ccc(OC)c(OC)c3)n2-c2ccc(F)cc2)c(F)c1. The highest BCUT2D eigenvalue weighted by atomic mass is 32.2. The van der Waals surface area contributed by atoms with Crippen molar-refractivity contribution in [1.82, 2.24) is 9.55 Å². The number of hydrogen-bond donors (Lipinski definition) is 0. The van der Waals surface area contributed by atoms with Gasteiger partial charge in [-0.3, -0.25) is 4.57 Å². The molecule has 0 radical (unpaired) electrons. The van der Waals surface area contributed by atoms with Gasteiger partial charge in [0.15, 0.2) is 16.7 Å². The Hall–Kier alpha value is -4.19. The Kier molecular flexibility index (Phi) is 27.5. The molecule has 0 spiro atoms. The van der Waals surface area contributed by atoms with E-state index in [9.17, 15) is 4.39 Å². The highest BCUT2D eigenvalue weighted by molar-refractivity contribution is 7.98. The van der Waals surface area contributed by atoms with Gasteiger partial charge in [0.2, 0.25) is 0 Å². The Morgan fingerprint density at radius 1 is 0.530 bits per heavy atom. The average molecular weight is 956 g/mol. The van der Waals surface area contributed by atoms with Crippen LogP contribution in [0.3, 0.4) is 0 Å². The molecule has 368 valence electrons. The van der Waals surface area contributed by atoms with Crippen molar-refractivity contribution in [2.24, 2.45) is 0 Å². The molecule has 1 aromatic heterocycles. The Morgan fingerprint density at radius 3 is 1.41 bits per heavy atom. The van der Waals surface area contributed by atoms with Crippen molar-refractivity contribution in [3.63, 3.8) is 0 Å². The van der Waals surface area contributed by atoms with Gasteiger partial charge in [0.05, 0.1) is 146 Å². The molecule has 0 aliphatic rings. The standard InChI is InChI=1S/C46H64F3N3O13S/c1-51(38-9-10-43(54-3)44(31-38)55-4)45-34-50-46(52(45)37-7-5-36(47)6-8-37)66-35-40-41(48)32-39(33-42(40)49)65-30-29-64-28-27-63-26-25-62-24-23-61-22-21-60-20-19-59-18-17-58-16-15-57-14-13-56-12-11-53-2/h5-10,31-34H,11-30,35H2,1-4H3. The summed E-state index contributed by atoms with van der Waals surface area (Å²) in [6.45, 7) is 8.64. The Bertz CT molecular complexity index is 1880. The maximum Gasteiger partial charge on any atom is 0.174 e. The highest BCUT2D eigenvalue weighted by Gasteiger charge is 2.20. The van der Waals surface area contributed by atoms with Crippen molar-refractivity contribution in [2.75, 3.05) is 165 Å². The van der Waals surface area contributed by atoms with E-state index in [1.807, 2.05) is 24.1 Å². The third-order valence-corrected chi connectivity index (χ3v) is 10.2. The molecule has 0 saturated heterocycles. The first-order chi connectivity index (χ1) is 32.4. The minimum absolute atomic E-state index is 0.0387. The van der Waals surface area contributed by atoms with Gasteiger partial charge in [0, 0.05) is 55.0 Å². The van der Waals surface area contributed by atoms with Crippen LogP contribution in [0.1, 0.15) is 5.56 Å². The summed E-state index contributed by atoms with van der Waals surface area (Å²) >= 11 is 1.13. The van der Waals surface area contributed by atoms with E-state index in [1.165, 1.54) is 12.1 Å². The van der Waals surface area contributed by atoms with E-state index in [2.05, 4.69) is 4.98 Å². The van der Waals surface area contributed by atoms with Crippen LogP contribution in [0, 0.1) is 17.5 Å². The number of hydrogen-bond acceptors (Lipinski definition) is 16. The fourth-order valence-corrected chi connectivity index (χ4v) is 6.83. The van der Waals surface area contributed by atoms with Crippen LogP contribution in [0.15, 0.2) is 66.0 Å². The van der Waals surface area contributed by atoms with Crippen LogP contribution in [0.4, 0.5) is 24.7 Å². The van der Waals surface area contributed by atoms with E-state index in [0.717, 1.165) is 29.6 Å². The van der Waals surface area contributed by atoms with E-state index in [0.29, 0.717) is 147 Å². The van der Waals surface area contributed by atoms with Gasteiger partial charge >= 0.3 is 0 Å². The fraction of sp³-hybridized carbons (Fsp3) is 0.543. The average Bonchev–Trinajstić information content (AvgIpc) is 3.75. The van der Waals surface area contributed by atoms with Gasteiger partial charge in [-0.05, 0) is 36.4 Å². The quantitative estimate of drug-likeness (QED) is 0.0353. The molecule has 0 amide bonds. The molecule has 0 aliphatic heterocycles. The molecular weight excluding hydrogens is 892 g/mol. The molecule has 4 rings (SSSR count). The maximum atomic E-state index is 15.3. The Balaban J connectivity index is 1.01. The number of thioether (sulfide) groups is 1. The maximum absolute atomic E-state index is 15.3. The summed E-state index contributed by atoms with van der Waals surface area (Å²) in [5.74, 6) is -0.247. The lowest BCUT2D eigenvalue weighted by molar-refractivity contribution is -0.0262. The molecule has 0 aliphatic carbocycles. The molecule has 0 fully saturated rings. The van der Waals surface area contributed by atoms with Crippen molar-refractivity contribution >= 4 is 23.3 Å². The second-order valence-corrected chi connectivity index (χ2v) is 14.8. The summed E-state index contributed by atoms with van der Waals surface area (Å²) in [5.41, 5.74) is 1.22. The topological polar surface area (TPSA) is 141 Å². The monoisotopic (exact) mass is 955 g/mol. The van der Waals surface area contributed by atoms with Crippen LogP contribution in [-0.2, 0) is 53.1 Å². The molecule has 0 N–H and O–H groups in total. The number of methoxy groups -OCH3 is 3. The lowest BCUT2D eigenvalue weighted by atomic mass is 10.2. The van der Waals surface area contributed by atoms with Gasteiger partial charge in [0.1, 0.15) is 35.6 Å². The number of ether oxygens (including phenoxy) is 13. The van der Waals surface area contributed by atoms with Crippen molar-refractivity contribution in [2.45, 2.75) is 10.9 Å². The first-order valence-corrected chi connectivity index (χ1v) is 22.6. The highest BCUT2D eigenvalue weighted by Crippen LogP contribution is 2.37. The van der Waals surface area contributed by atoms with Crippen LogP contribution in [-0.4, -0.2) is 170 Å². The minimum atomic E-state index is -0.761. The predicted octanol–water partition coefficient (Wildman–Crippen LogP) is 6.54. The number of aromatic nitrogens is 2. The van der Waals surface area contributed by atoms with Gasteiger partial charge < -0.3 is 66.5 Å². The van der Waals surface area contributed by atoms with E-state index >= 15 is 8.78 Å². The number of imidazole rings is 1. The second kappa shape index (κ2) is 33.3. The van der Waals surface area contributed by atoms with Crippen LogP contribution in [0.2, 0.25) is 0 Å². The largest absolute Gasteiger partial charge is 0.493 e. The second-order valence-electron chi connectivity index (χ2n) is 13.8. The van der Waals surface area contributed by atoms with Crippen LogP contribution < -0.4 is 19.1 Å². The van der Waals surface area contributed by atoms with E-state index in [-0.39, 0.29) is 30.3 Å². The molecule has 0 saturated carbocycles. The van der Waals surface area contributed by atoms with Crippen molar-refractivity contribution in [3.8, 4) is 22.9 Å². The van der Waals surface area contributed by atoms with Crippen molar-refractivity contribution < 1.29 is 74.8 Å². The predicted molar refractivity (Wildman–Crippen MR) is 242 cm³/mol. The lowest BCUT2D eigenvalue weighted by Crippen LogP contribution is -2.15. The van der Waals surface area contributed by atoms with Crippen molar-refractivity contribution in [3.05, 3.63) is 83.8 Å². The molecule has 0 atom stereocenters.